The van der Waals surface area contributed by atoms with Gasteiger partial charge in [-0.25, -0.2) is 0 Å². The van der Waals surface area contributed by atoms with Gasteiger partial charge in [0.1, 0.15) is 18.1 Å². The number of hydrogen-bond donors (Lipinski definition) is 4. The molecule has 1 fully saturated rings. The molecule has 1 aliphatic rings. The van der Waals surface area contributed by atoms with Crippen molar-refractivity contribution in [1.29, 1.82) is 0 Å². The molecule has 3 aromatic rings. The first-order chi connectivity index (χ1) is 17.4. The summed E-state index contributed by atoms with van der Waals surface area (Å²) in [6, 6.07) is 25.1. The third kappa shape index (κ3) is 5.96. The van der Waals surface area contributed by atoms with Gasteiger partial charge in [0.2, 0.25) is 23.6 Å². The van der Waals surface area contributed by atoms with E-state index < -0.39 is 41.8 Å². The van der Waals surface area contributed by atoms with Gasteiger partial charge < -0.3 is 21.7 Å². The lowest BCUT2D eigenvalue weighted by Crippen LogP contribution is -2.63. The molecule has 0 aromatic heterocycles. The third-order valence-electron chi connectivity index (χ3n) is 6.21. The summed E-state index contributed by atoms with van der Waals surface area (Å²) in [6.45, 7) is 0. The molecule has 1 saturated heterocycles. The number of amides is 4. The average Bonchev–Trinajstić information content (AvgIpc) is 2.88. The highest BCUT2D eigenvalue weighted by molar-refractivity contribution is 5.99. The van der Waals surface area contributed by atoms with Crippen molar-refractivity contribution in [1.82, 2.24) is 16.0 Å². The summed E-state index contributed by atoms with van der Waals surface area (Å²) >= 11 is 0. The van der Waals surface area contributed by atoms with Crippen LogP contribution in [0, 0.1) is 0 Å². The van der Waals surface area contributed by atoms with Crippen molar-refractivity contribution in [3.8, 4) is 0 Å². The van der Waals surface area contributed by atoms with Crippen molar-refractivity contribution < 1.29 is 19.2 Å². The Morgan fingerprint density at radius 2 is 1.22 bits per heavy atom. The van der Waals surface area contributed by atoms with Gasteiger partial charge in [-0.1, -0.05) is 91.0 Å². The normalized spacial score (nSPS) is 18.1. The van der Waals surface area contributed by atoms with E-state index in [9.17, 15) is 19.2 Å². The van der Waals surface area contributed by atoms with Crippen molar-refractivity contribution in [2.75, 3.05) is 0 Å². The van der Waals surface area contributed by atoms with Crippen molar-refractivity contribution in [2.24, 2.45) is 5.73 Å². The highest BCUT2D eigenvalue weighted by Gasteiger charge is 2.36. The molecule has 1 heterocycles. The molecule has 0 bridgehead atoms. The number of nitrogens with one attached hydrogen (secondary N) is 3. The minimum Gasteiger partial charge on any atom is -0.368 e. The number of piperazine rings is 1. The molecule has 0 saturated carbocycles. The summed E-state index contributed by atoms with van der Waals surface area (Å²) in [5.74, 6) is -2.63. The van der Waals surface area contributed by atoms with Gasteiger partial charge in [-0.3, -0.25) is 19.2 Å². The standard InChI is InChI=1S/C28H28N4O4/c29-26(34)25(24(19-12-6-2-7-13-19)20-14-8-3-9-15-20)32-23(33)17-22-28(36)30-21(27(35)31-22)16-18-10-4-1-5-11-18/h1-15,21-22,24-25H,16-17H2,(H2,29,34)(H,30,36)(H,31,35)(H,32,33)/t21-,22-,25+/m0/s1. The van der Waals surface area contributed by atoms with Crippen molar-refractivity contribution >= 4 is 23.6 Å². The molecule has 4 rings (SSSR count). The predicted octanol–water partition coefficient (Wildman–Crippen LogP) is 1.40. The van der Waals surface area contributed by atoms with E-state index in [2.05, 4.69) is 16.0 Å². The molecular formula is C28H28N4O4. The number of carbonyl (C=O) groups excluding carboxylic acids is 4. The maximum atomic E-state index is 13.0. The highest BCUT2D eigenvalue weighted by atomic mass is 16.2. The van der Waals surface area contributed by atoms with Gasteiger partial charge in [0, 0.05) is 12.3 Å². The second-order valence-corrected chi connectivity index (χ2v) is 8.76. The van der Waals surface area contributed by atoms with E-state index >= 15 is 0 Å². The Morgan fingerprint density at radius 1 is 0.750 bits per heavy atom. The van der Waals surface area contributed by atoms with E-state index in [0.717, 1.165) is 16.7 Å². The van der Waals surface area contributed by atoms with Crippen LogP contribution >= 0.6 is 0 Å². The van der Waals surface area contributed by atoms with Gasteiger partial charge in [0.15, 0.2) is 0 Å². The van der Waals surface area contributed by atoms with Crippen molar-refractivity contribution in [2.45, 2.75) is 36.9 Å². The van der Waals surface area contributed by atoms with E-state index in [-0.39, 0.29) is 12.3 Å². The minimum absolute atomic E-state index is 0.324. The second-order valence-electron chi connectivity index (χ2n) is 8.76. The number of carbonyl (C=O) groups is 4. The fraction of sp³-hybridized carbons (Fsp3) is 0.214. The maximum absolute atomic E-state index is 13.0. The van der Waals surface area contributed by atoms with Crippen LogP contribution in [-0.4, -0.2) is 41.8 Å². The molecule has 8 nitrogen and oxygen atoms in total. The van der Waals surface area contributed by atoms with Gasteiger partial charge in [-0.15, -0.1) is 0 Å². The summed E-state index contributed by atoms with van der Waals surface area (Å²) in [4.78, 5) is 50.8. The lowest BCUT2D eigenvalue weighted by atomic mass is 9.84. The van der Waals surface area contributed by atoms with Crippen LogP contribution in [0.25, 0.3) is 0 Å². The minimum atomic E-state index is -1.06. The molecular weight excluding hydrogens is 456 g/mol. The fourth-order valence-corrected chi connectivity index (χ4v) is 4.45. The summed E-state index contributed by atoms with van der Waals surface area (Å²) in [6.07, 6.45) is 0.0205. The topological polar surface area (TPSA) is 130 Å². The van der Waals surface area contributed by atoms with E-state index in [1.54, 1.807) is 0 Å². The van der Waals surface area contributed by atoms with E-state index in [0.29, 0.717) is 6.42 Å². The number of benzene rings is 3. The molecule has 5 N–H and O–H groups in total. The zero-order valence-electron chi connectivity index (χ0n) is 19.6. The summed E-state index contributed by atoms with van der Waals surface area (Å²) in [5, 5.41) is 8.03. The Morgan fingerprint density at radius 3 is 1.75 bits per heavy atom. The van der Waals surface area contributed by atoms with Gasteiger partial charge in [0.05, 0.1) is 6.42 Å². The van der Waals surface area contributed by atoms with Crippen LogP contribution in [0.4, 0.5) is 0 Å². The van der Waals surface area contributed by atoms with Crippen LogP contribution in [0.15, 0.2) is 91.0 Å². The van der Waals surface area contributed by atoms with E-state index in [4.69, 9.17) is 5.73 Å². The van der Waals surface area contributed by atoms with Gasteiger partial charge >= 0.3 is 0 Å². The first-order valence-corrected chi connectivity index (χ1v) is 11.8. The van der Waals surface area contributed by atoms with Crippen LogP contribution in [-0.2, 0) is 25.6 Å². The van der Waals surface area contributed by atoms with Crippen LogP contribution in [0.3, 0.4) is 0 Å². The molecule has 3 aromatic carbocycles. The lowest BCUT2D eigenvalue weighted by Gasteiger charge is -2.30. The second kappa shape index (κ2) is 11.3. The number of primary amides is 1. The SMILES string of the molecule is NC(=O)[C@H](NC(=O)C[C@@H]1NC(=O)[C@H](Cc2ccccc2)NC1=O)C(c1ccccc1)c1ccccc1. The van der Waals surface area contributed by atoms with E-state index in [1.807, 2.05) is 91.0 Å². The molecule has 0 radical (unpaired) electrons. The Hall–Kier alpha value is -4.46. The number of rotatable bonds is 9. The zero-order valence-corrected chi connectivity index (χ0v) is 19.6. The van der Waals surface area contributed by atoms with Gasteiger partial charge in [-0.2, -0.15) is 0 Å². The maximum Gasteiger partial charge on any atom is 0.243 e. The Kier molecular flexibility index (Phi) is 7.75. The molecule has 184 valence electrons. The lowest BCUT2D eigenvalue weighted by molar-refractivity contribution is -0.138. The molecule has 8 heteroatoms. The van der Waals surface area contributed by atoms with E-state index in [1.165, 1.54) is 0 Å². The Labute approximate surface area is 209 Å². The van der Waals surface area contributed by atoms with Crippen LogP contribution in [0.2, 0.25) is 0 Å². The number of hydrogen-bond acceptors (Lipinski definition) is 4. The quantitative estimate of drug-likeness (QED) is 0.366. The summed E-state index contributed by atoms with van der Waals surface area (Å²) in [7, 11) is 0. The first kappa shape index (κ1) is 24.7. The Balaban J connectivity index is 1.45. The monoisotopic (exact) mass is 484 g/mol. The molecule has 0 aliphatic carbocycles. The molecule has 4 amide bonds. The van der Waals surface area contributed by atoms with Crippen LogP contribution in [0.5, 0.6) is 0 Å². The number of nitrogens with two attached hydrogens (primary N) is 1. The first-order valence-electron chi connectivity index (χ1n) is 11.8. The largest absolute Gasteiger partial charge is 0.368 e. The molecule has 3 atom stereocenters. The van der Waals surface area contributed by atoms with Crippen LogP contribution < -0.4 is 21.7 Å². The fourth-order valence-electron chi connectivity index (χ4n) is 4.45. The molecule has 0 spiro atoms. The smallest absolute Gasteiger partial charge is 0.243 e. The molecule has 1 aliphatic heterocycles. The molecule has 36 heavy (non-hydrogen) atoms. The van der Waals surface area contributed by atoms with Crippen molar-refractivity contribution in [3.63, 3.8) is 0 Å². The average molecular weight is 485 g/mol. The predicted molar refractivity (Wildman–Crippen MR) is 134 cm³/mol. The third-order valence-corrected chi connectivity index (χ3v) is 6.21. The van der Waals surface area contributed by atoms with Gasteiger partial charge in [0.25, 0.3) is 0 Å². The highest BCUT2D eigenvalue weighted by Crippen LogP contribution is 2.28. The zero-order chi connectivity index (χ0) is 25.5. The summed E-state index contributed by atoms with van der Waals surface area (Å²) in [5.41, 5.74) is 8.25. The Bertz CT molecular complexity index is 1180. The van der Waals surface area contributed by atoms with Gasteiger partial charge in [-0.05, 0) is 16.7 Å². The van der Waals surface area contributed by atoms with Crippen LogP contribution in [0.1, 0.15) is 29.0 Å². The molecule has 0 unspecified atom stereocenters. The van der Waals surface area contributed by atoms with Crippen molar-refractivity contribution in [3.05, 3.63) is 108 Å². The summed E-state index contributed by atoms with van der Waals surface area (Å²) < 4.78 is 0.